The van der Waals surface area contributed by atoms with E-state index in [9.17, 15) is 0 Å². The first-order chi connectivity index (χ1) is 9.22. The minimum atomic E-state index is 0.594. The first-order valence-corrected chi connectivity index (χ1v) is 7.83. The molecule has 0 aliphatic carbocycles. The quantitative estimate of drug-likeness (QED) is 0.881. The number of nitrogens with zero attached hydrogens (tertiary/aromatic N) is 2. The van der Waals surface area contributed by atoms with Crippen LogP contribution in [-0.2, 0) is 0 Å². The summed E-state index contributed by atoms with van der Waals surface area (Å²) in [6.45, 7) is 5.05. The molecule has 0 atom stereocenters. The highest BCUT2D eigenvalue weighted by Crippen LogP contribution is 2.32. The van der Waals surface area contributed by atoms with Gasteiger partial charge in [-0.1, -0.05) is 43.0 Å². The molecule has 1 fully saturated rings. The van der Waals surface area contributed by atoms with E-state index in [2.05, 4.69) is 22.1 Å². The second-order valence-corrected chi connectivity index (χ2v) is 5.77. The molecular formula is C14H21Cl2N3. The first-order valence-electron chi connectivity index (χ1n) is 7.07. The normalized spacial score (nSPS) is 16.3. The molecule has 0 unspecified atom stereocenters. The van der Waals surface area contributed by atoms with Crippen LogP contribution in [0.2, 0.25) is 10.0 Å². The highest BCUT2D eigenvalue weighted by Gasteiger charge is 2.16. The van der Waals surface area contributed by atoms with Crippen LogP contribution in [0, 0.1) is 0 Å². The van der Waals surface area contributed by atoms with Crippen molar-refractivity contribution < 1.29 is 0 Å². The van der Waals surface area contributed by atoms with Crippen molar-refractivity contribution in [1.82, 2.24) is 4.98 Å². The van der Waals surface area contributed by atoms with E-state index in [1.165, 1.54) is 25.7 Å². The van der Waals surface area contributed by atoms with Gasteiger partial charge in [-0.05, 0) is 25.3 Å². The Labute approximate surface area is 125 Å². The van der Waals surface area contributed by atoms with Crippen molar-refractivity contribution in [2.75, 3.05) is 29.9 Å². The molecule has 1 N–H and O–H groups in total. The minimum Gasteiger partial charge on any atom is -0.369 e. The van der Waals surface area contributed by atoms with Gasteiger partial charge >= 0.3 is 0 Å². The number of aromatic nitrogens is 1. The lowest BCUT2D eigenvalue weighted by Crippen LogP contribution is -2.25. The molecule has 1 aliphatic rings. The Morgan fingerprint density at radius 2 is 1.84 bits per heavy atom. The standard InChI is InChI=1S/C14H21Cl2N3/c1-2-7-17-13-11(15)10-12(16)14(18-13)19-8-5-3-4-6-9-19/h10H,2-9H2,1H3,(H,17,18). The third kappa shape index (κ3) is 3.90. The molecule has 0 aromatic carbocycles. The van der Waals surface area contributed by atoms with Crippen LogP contribution in [0.25, 0.3) is 0 Å². The van der Waals surface area contributed by atoms with E-state index < -0.39 is 0 Å². The van der Waals surface area contributed by atoms with Crippen LogP contribution in [0.4, 0.5) is 11.6 Å². The van der Waals surface area contributed by atoms with Crippen molar-refractivity contribution in [3.8, 4) is 0 Å². The second-order valence-electron chi connectivity index (χ2n) is 4.95. The van der Waals surface area contributed by atoms with Crippen LogP contribution in [0.5, 0.6) is 0 Å². The highest BCUT2D eigenvalue weighted by molar-refractivity contribution is 6.37. The topological polar surface area (TPSA) is 28.2 Å². The lowest BCUT2D eigenvalue weighted by molar-refractivity contribution is 0.726. The van der Waals surface area contributed by atoms with E-state index in [0.29, 0.717) is 10.0 Å². The van der Waals surface area contributed by atoms with Crippen LogP contribution in [-0.4, -0.2) is 24.6 Å². The van der Waals surface area contributed by atoms with Crippen molar-refractivity contribution in [2.45, 2.75) is 39.0 Å². The van der Waals surface area contributed by atoms with Crippen LogP contribution < -0.4 is 10.2 Å². The molecule has 0 amide bonds. The summed E-state index contributed by atoms with van der Waals surface area (Å²) in [7, 11) is 0. The molecule has 1 aromatic heterocycles. The van der Waals surface area contributed by atoms with Crippen molar-refractivity contribution in [3.63, 3.8) is 0 Å². The van der Waals surface area contributed by atoms with Gasteiger partial charge < -0.3 is 10.2 Å². The van der Waals surface area contributed by atoms with Gasteiger partial charge in [0.25, 0.3) is 0 Å². The number of rotatable bonds is 4. The summed E-state index contributed by atoms with van der Waals surface area (Å²) in [5, 5.41) is 4.50. The fraction of sp³-hybridized carbons (Fsp3) is 0.643. The Morgan fingerprint density at radius 3 is 2.47 bits per heavy atom. The number of nitrogens with one attached hydrogen (secondary N) is 1. The summed E-state index contributed by atoms with van der Waals surface area (Å²) in [6, 6.07) is 1.80. The van der Waals surface area contributed by atoms with Gasteiger partial charge in [0, 0.05) is 19.6 Å². The molecule has 5 heteroatoms. The Morgan fingerprint density at radius 1 is 1.16 bits per heavy atom. The summed E-state index contributed by atoms with van der Waals surface area (Å²) in [5.41, 5.74) is 0. The zero-order valence-electron chi connectivity index (χ0n) is 11.4. The third-order valence-corrected chi connectivity index (χ3v) is 3.93. The van der Waals surface area contributed by atoms with Crippen LogP contribution in [0.15, 0.2) is 6.07 Å². The Bertz CT molecular complexity index is 415. The molecule has 0 spiro atoms. The maximum absolute atomic E-state index is 6.31. The molecule has 19 heavy (non-hydrogen) atoms. The van der Waals surface area contributed by atoms with Gasteiger partial charge in [0.15, 0.2) is 0 Å². The van der Waals surface area contributed by atoms with Gasteiger partial charge in [-0.15, -0.1) is 0 Å². The van der Waals surface area contributed by atoms with Gasteiger partial charge in [0.1, 0.15) is 11.6 Å². The number of anilines is 2. The van der Waals surface area contributed by atoms with Crippen LogP contribution in [0.1, 0.15) is 39.0 Å². The summed E-state index contributed by atoms with van der Waals surface area (Å²) < 4.78 is 0. The Balaban J connectivity index is 2.22. The van der Waals surface area contributed by atoms with E-state index in [0.717, 1.165) is 37.7 Å². The molecule has 1 aromatic rings. The number of hydrogen-bond donors (Lipinski definition) is 1. The lowest BCUT2D eigenvalue weighted by Gasteiger charge is -2.23. The predicted octanol–water partition coefficient (Wildman–Crippen LogP) is 4.59. The first kappa shape index (κ1) is 14.7. The second kappa shape index (κ2) is 7.20. The van der Waals surface area contributed by atoms with E-state index in [1.54, 1.807) is 6.07 Å². The van der Waals surface area contributed by atoms with Gasteiger partial charge in [0.2, 0.25) is 0 Å². The monoisotopic (exact) mass is 301 g/mol. The third-order valence-electron chi connectivity index (χ3n) is 3.36. The van der Waals surface area contributed by atoms with Crippen molar-refractivity contribution in [3.05, 3.63) is 16.1 Å². The molecule has 3 nitrogen and oxygen atoms in total. The average molecular weight is 302 g/mol. The predicted molar refractivity (Wildman–Crippen MR) is 83.7 cm³/mol. The molecule has 0 bridgehead atoms. The maximum atomic E-state index is 6.31. The molecule has 106 valence electrons. The smallest absolute Gasteiger partial charge is 0.149 e. The van der Waals surface area contributed by atoms with Crippen molar-refractivity contribution >= 4 is 34.8 Å². The van der Waals surface area contributed by atoms with Gasteiger partial charge in [0.05, 0.1) is 10.0 Å². The number of pyridine rings is 1. The molecule has 0 saturated carbocycles. The Hall–Kier alpha value is -0.670. The van der Waals surface area contributed by atoms with Crippen molar-refractivity contribution in [1.29, 1.82) is 0 Å². The zero-order valence-corrected chi connectivity index (χ0v) is 12.9. The fourth-order valence-corrected chi connectivity index (χ4v) is 2.87. The van der Waals surface area contributed by atoms with E-state index >= 15 is 0 Å². The number of hydrogen-bond acceptors (Lipinski definition) is 3. The SMILES string of the molecule is CCCNc1nc(N2CCCCCC2)c(Cl)cc1Cl. The van der Waals surface area contributed by atoms with E-state index in [-0.39, 0.29) is 0 Å². The van der Waals surface area contributed by atoms with Gasteiger partial charge in [-0.25, -0.2) is 4.98 Å². The molecule has 1 aliphatic heterocycles. The summed E-state index contributed by atoms with van der Waals surface area (Å²) in [5.74, 6) is 1.61. The molecule has 0 radical (unpaired) electrons. The van der Waals surface area contributed by atoms with Gasteiger partial charge in [-0.3, -0.25) is 0 Å². The fourth-order valence-electron chi connectivity index (χ4n) is 2.33. The summed E-state index contributed by atoms with van der Waals surface area (Å²) in [6.07, 6.45) is 6.04. The zero-order chi connectivity index (χ0) is 13.7. The molecule has 2 heterocycles. The van der Waals surface area contributed by atoms with Crippen molar-refractivity contribution in [2.24, 2.45) is 0 Å². The minimum absolute atomic E-state index is 0.594. The van der Waals surface area contributed by atoms with Gasteiger partial charge in [-0.2, -0.15) is 0 Å². The number of halogens is 2. The van der Waals surface area contributed by atoms with E-state index in [1.807, 2.05) is 0 Å². The Kier molecular flexibility index (Phi) is 5.59. The summed E-state index contributed by atoms with van der Waals surface area (Å²) >= 11 is 12.5. The van der Waals surface area contributed by atoms with Crippen LogP contribution >= 0.6 is 23.2 Å². The molecule has 2 rings (SSSR count). The van der Waals surface area contributed by atoms with E-state index in [4.69, 9.17) is 23.2 Å². The lowest BCUT2D eigenvalue weighted by atomic mass is 10.2. The maximum Gasteiger partial charge on any atom is 0.149 e. The van der Waals surface area contributed by atoms with Crippen LogP contribution in [0.3, 0.4) is 0 Å². The molecular weight excluding hydrogens is 281 g/mol. The summed E-state index contributed by atoms with van der Waals surface area (Å²) in [4.78, 5) is 6.91. The average Bonchev–Trinajstić information content (AvgIpc) is 2.66. The highest BCUT2D eigenvalue weighted by atomic mass is 35.5. The molecule has 1 saturated heterocycles. The largest absolute Gasteiger partial charge is 0.369 e.